The molecule has 2 aliphatic rings. The molecule has 0 saturated carbocycles. The zero-order chi connectivity index (χ0) is 20.1. The first kappa shape index (κ1) is 20.0. The smallest absolute Gasteiger partial charge is 0.251 e. The van der Waals surface area contributed by atoms with Crippen molar-refractivity contribution >= 4 is 5.91 Å². The van der Waals surface area contributed by atoms with Gasteiger partial charge in [-0.05, 0) is 86.4 Å². The molecule has 0 radical (unpaired) electrons. The minimum Gasteiger partial charge on any atom is -0.494 e. The molecular formula is C25H31NO3. The van der Waals surface area contributed by atoms with Gasteiger partial charge >= 0.3 is 0 Å². The van der Waals surface area contributed by atoms with E-state index in [1.807, 2.05) is 25.1 Å². The van der Waals surface area contributed by atoms with Crippen molar-refractivity contribution in [3.05, 3.63) is 64.7 Å². The molecule has 2 aromatic carbocycles. The highest BCUT2D eigenvalue weighted by molar-refractivity contribution is 5.94. The van der Waals surface area contributed by atoms with Crippen LogP contribution in [0.4, 0.5) is 0 Å². The Morgan fingerprint density at radius 3 is 2.48 bits per heavy atom. The molecule has 29 heavy (non-hydrogen) atoms. The molecule has 0 atom stereocenters. The molecule has 1 fully saturated rings. The van der Waals surface area contributed by atoms with Crippen LogP contribution in [0, 0.1) is 0 Å². The summed E-state index contributed by atoms with van der Waals surface area (Å²) in [7, 11) is 0. The second kappa shape index (κ2) is 9.00. The van der Waals surface area contributed by atoms with Gasteiger partial charge in [0.15, 0.2) is 0 Å². The monoisotopic (exact) mass is 393 g/mol. The molecule has 1 amide bonds. The van der Waals surface area contributed by atoms with Crippen molar-refractivity contribution in [1.29, 1.82) is 0 Å². The molecular weight excluding hydrogens is 362 g/mol. The van der Waals surface area contributed by atoms with E-state index >= 15 is 0 Å². The van der Waals surface area contributed by atoms with Crippen LogP contribution in [-0.4, -0.2) is 32.3 Å². The van der Waals surface area contributed by atoms with Gasteiger partial charge in [-0.15, -0.1) is 0 Å². The van der Waals surface area contributed by atoms with Crippen molar-refractivity contribution in [3.63, 3.8) is 0 Å². The molecule has 1 heterocycles. The molecule has 1 aliphatic carbocycles. The summed E-state index contributed by atoms with van der Waals surface area (Å²) < 4.78 is 11.2. The summed E-state index contributed by atoms with van der Waals surface area (Å²) in [6.45, 7) is 4.73. The van der Waals surface area contributed by atoms with E-state index in [4.69, 9.17) is 9.47 Å². The second-order valence-corrected chi connectivity index (χ2v) is 8.22. The SMILES string of the molecule is CCOc1ccc(C2(CNC(=O)c3ccc4c(c3)CCCC4)CCOCC2)cc1. The van der Waals surface area contributed by atoms with Crippen molar-refractivity contribution < 1.29 is 14.3 Å². The predicted molar refractivity (Wildman–Crippen MR) is 115 cm³/mol. The Bertz CT molecular complexity index is 838. The molecule has 4 nitrogen and oxygen atoms in total. The molecule has 2 aromatic rings. The number of hydrogen-bond acceptors (Lipinski definition) is 3. The third kappa shape index (κ3) is 4.48. The number of fused-ring (bicyclic) bond motifs is 1. The maximum Gasteiger partial charge on any atom is 0.251 e. The van der Waals surface area contributed by atoms with E-state index in [0.717, 1.165) is 50.2 Å². The molecule has 1 aliphatic heterocycles. The molecule has 0 spiro atoms. The number of ether oxygens (including phenoxy) is 2. The molecule has 154 valence electrons. The van der Waals surface area contributed by atoms with Crippen LogP contribution < -0.4 is 10.1 Å². The van der Waals surface area contributed by atoms with Gasteiger partial charge in [0, 0.05) is 30.7 Å². The summed E-state index contributed by atoms with van der Waals surface area (Å²) >= 11 is 0. The summed E-state index contributed by atoms with van der Waals surface area (Å²) in [5.74, 6) is 0.909. The largest absolute Gasteiger partial charge is 0.494 e. The number of nitrogens with one attached hydrogen (secondary N) is 1. The Hall–Kier alpha value is -2.33. The van der Waals surface area contributed by atoms with Crippen LogP contribution >= 0.6 is 0 Å². The maximum atomic E-state index is 12.9. The van der Waals surface area contributed by atoms with E-state index < -0.39 is 0 Å². The highest BCUT2D eigenvalue weighted by Crippen LogP contribution is 2.35. The molecule has 4 rings (SSSR count). The average molecular weight is 394 g/mol. The predicted octanol–water partition coefficient (Wildman–Crippen LogP) is 4.44. The lowest BCUT2D eigenvalue weighted by Gasteiger charge is -2.38. The number of benzene rings is 2. The number of carbonyl (C=O) groups excluding carboxylic acids is 1. The minimum atomic E-state index is -0.0904. The maximum absolute atomic E-state index is 12.9. The summed E-state index contributed by atoms with van der Waals surface area (Å²) in [6.07, 6.45) is 6.52. The zero-order valence-corrected chi connectivity index (χ0v) is 17.3. The van der Waals surface area contributed by atoms with Crippen LogP contribution in [0.15, 0.2) is 42.5 Å². The van der Waals surface area contributed by atoms with Crippen molar-refractivity contribution in [2.45, 2.75) is 50.9 Å². The van der Waals surface area contributed by atoms with Crippen LogP contribution in [0.25, 0.3) is 0 Å². The van der Waals surface area contributed by atoms with Crippen LogP contribution in [0.2, 0.25) is 0 Å². The quantitative estimate of drug-likeness (QED) is 0.789. The van der Waals surface area contributed by atoms with Crippen LogP contribution in [-0.2, 0) is 23.0 Å². The highest BCUT2D eigenvalue weighted by atomic mass is 16.5. The van der Waals surface area contributed by atoms with Crippen LogP contribution in [0.1, 0.15) is 59.7 Å². The van der Waals surface area contributed by atoms with Gasteiger partial charge in [-0.2, -0.15) is 0 Å². The van der Waals surface area contributed by atoms with Gasteiger partial charge in [0.2, 0.25) is 0 Å². The number of aryl methyl sites for hydroxylation is 2. The Morgan fingerprint density at radius 2 is 1.76 bits per heavy atom. The second-order valence-electron chi connectivity index (χ2n) is 8.22. The number of carbonyl (C=O) groups is 1. The van der Waals surface area contributed by atoms with Crippen molar-refractivity contribution in [3.8, 4) is 5.75 Å². The van der Waals surface area contributed by atoms with Crippen LogP contribution in [0.3, 0.4) is 0 Å². The third-order valence-corrected chi connectivity index (χ3v) is 6.43. The van der Waals surface area contributed by atoms with E-state index in [1.165, 1.54) is 29.5 Å². The fourth-order valence-corrected chi connectivity index (χ4v) is 4.63. The Balaban J connectivity index is 1.49. The van der Waals surface area contributed by atoms with Gasteiger partial charge in [-0.3, -0.25) is 4.79 Å². The van der Waals surface area contributed by atoms with E-state index in [0.29, 0.717) is 13.2 Å². The lowest BCUT2D eigenvalue weighted by molar-refractivity contribution is 0.0487. The lowest BCUT2D eigenvalue weighted by atomic mass is 9.74. The number of amides is 1. The van der Waals surface area contributed by atoms with Gasteiger partial charge in [-0.25, -0.2) is 0 Å². The first-order chi connectivity index (χ1) is 14.2. The Morgan fingerprint density at radius 1 is 1.03 bits per heavy atom. The van der Waals surface area contributed by atoms with Gasteiger partial charge in [0.25, 0.3) is 5.91 Å². The van der Waals surface area contributed by atoms with Crippen molar-refractivity contribution in [2.24, 2.45) is 0 Å². The first-order valence-corrected chi connectivity index (χ1v) is 10.9. The lowest BCUT2D eigenvalue weighted by Crippen LogP contribution is -2.44. The third-order valence-electron chi connectivity index (χ3n) is 6.43. The Labute approximate surface area is 173 Å². The van der Waals surface area contributed by atoms with E-state index in [9.17, 15) is 4.79 Å². The normalized spacial score (nSPS) is 18.0. The van der Waals surface area contributed by atoms with Gasteiger partial charge in [0.1, 0.15) is 5.75 Å². The standard InChI is InChI=1S/C25H31NO3/c1-2-29-23-11-9-22(10-12-23)25(13-15-28-16-14-25)18-26-24(27)21-8-7-19-5-3-4-6-20(19)17-21/h7-12,17H,2-6,13-16,18H2,1H3,(H,26,27). The molecule has 0 bridgehead atoms. The van der Waals surface area contributed by atoms with Gasteiger partial charge in [0.05, 0.1) is 6.61 Å². The molecule has 4 heteroatoms. The summed E-state index contributed by atoms with van der Waals surface area (Å²) in [5, 5.41) is 3.23. The topological polar surface area (TPSA) is 47.6 Å². The number of hydrogen-bond donors (Lipinski definition) is 1. The minimum absolute atomic E-state index is 0.0233. The highest BCUT2D eigenvalue weighted by Gasteiger charge is 2.35. The van der Waals surface area contributed by atoms with E-state index in [2.05, 4.69) is 29.6 Å². The Kier molecular flexibility index (Phi) is 6.19. The van der Waals surface area contributed by atoms with E-state index in [1.54, 1.807) is 0 Å². The molecule has 1 N–H and O–H groups in total. The fraction of sp³-hybridized carbons (Fsp3) is 0.480. The molecule has 0 aromatic heterocycles. The molecule has 0 unspecified atom stereocenters. The number of rotatable bonds is 6. The summed E-state index contributed by atoms with van der Waals surface area (Å²) in [4.78, 5) is 12.9. The van der Waals surface area contributed by atoms with Crippen molar-refractivity contribution in [2.75, 3.05) is 26.4 Å². The average Bonchev–Trinajstić information content (AvgIpc) is 2.78. The fourth-order valence-electron chi connectivity index (χ4n) is 4.63. The molecule has 1 saturated heterocycles. The zero-order valence-electron chi connectivity index (χ0n) is 17.3. The van der Waals surface area contributed by atoms with Gasteiger partial charge < -0.3 is 14.8 Å². The van der Waals surface area contributed by atoms with Crippen molar-refractivity contribution in [1.82, 2.24) is 5.32 Å². The van der Waals surface area contributed by atoms with E-state index in [-0.39, 0.29) is 11.3 Å². The van der Waals surface area contributed by atoms with Gasteiger partial charge in [-0.1, -0.05) is 18.2 Å². The summed E-state index contributed by atoms with van der Waals surface area (Å²) in [6, 6.07) is 14.6. The summed E-state index contributed by atoms with van der Waals surface area (Å²) in [5.41, 5.74) is 4.68. The van der Waals surface area contributed by atoms with Crippen LogP contribution in [0.5, 0.6) is 5.75 Å². The first-order valence-electron chi connectivity index (χ1n) is 10.9.